The molecule has 8 nitrogen and oxygen atoms in total. The zero-order chi connectivity index (χ0) is 17.2. The Bertz CT molecular complexity index is 971. The number of hydrazine groups is 2. The van der Waals surface area contributed by atoms with E-state index in [2.05, 4.69) is 31.3 Å². The number of nitrogens with zero attached hydrogens (tertiary/aromatic N) is 2. The molecule has 3 aromatic rings. The summed E-state index contributed by atoms with van der Waals surface area (Å²) >= 11 is 0. The number of ether oxygens (including phenoxy) is 1. The minimum Gasteiger partial charge on any atom is -0.493 e. The number of hydrogen-bond acceptors (Lipinski definition) is 7. The highest BCUT2D eigenvalue weighted by Gasteiger charge is 2.19. The van der Waals surface area contributed by atoms with Crippen molar-refractivity contribution in [3.63, 3.8) is 0 Å². The van der Waals surface area contributed by atoms with E-state index in [9.17, 15) is 4.79 Å². The van der Waals surface area contributed by atoms with Gasteiger partial charge >= 0.3 is 0 Å². The number of rotatable bonds is 4. The molecule has 4 N–H and O–H groups in total. The molecule has 0 aliphatic carbocycles. The van der Waals surface area contributed by atoms with Crippen LogP contribution in [0.1, 0.15) is 6.92 Å². The van der Waals surface area contributed by atoms with Gasteiger partial charge in [-0.05, 0) is 31.2 Å². The number of hydrogen-bond donors (Lipinski definition) is 4. The Morgan fingerprint density at radius 1 is 1.16 bits per heavy atom. The number of aromatic amines is 1. The standard InChI is InChI=1S/C17H16N6O2/c1-2-25-13-9-10(12-5-3-4-8-18-12)6-7-11(13)15-19-16-14(17(24)20-15)21-23-22-16/h3-9,21,23H,2H2,1H3,(H2,19,20,22,24). The first-order valence-corrected chi connectivity index (χ1v) is 7.86. The van der Waals surface area contributed by atoms with Crippen LogP contribution in [0.2, 0.25) is 0 Å². The first-order chi connectivity index (χ1) is 12.3. The molecule has 8 heteroatoms. The number of anilines is 2. The minimum atomic E-state index is -0.270. The van der Waals surface area contributed by atoms with Crippen LogP contribution in [0.25, 0.3) is 22.6 Å². The van der Waals surface area contributed by atoms with E-state index < -0.39 is 0 Å². The largest absolute Gasteiger partial charge is 0.493 e. The highest BCUT2D eigenvalue weighted by Crippen LogP contribution is 2.33. The maximum Gasteiger partial charge on any atom is 0.278 e. The van der Waals surface area contributed by atoms with E-state index in [0.717, 1.165) is 11.3 Å². The van der Waals surface area contributed by atoms with Crippen molar-refractivity contribution in [1.29, 1.82) is 0 Å². The van der Waals surface area contributed by atoms with Gasteiger partial charge in [0.25, 0.3) is 5.56 Å². The number of H-pyrrole nitrogens is 1. The summed E-state index contributed by atoms with van der Waals surface area (Å²) in [6.45, 7) is 2.40. The van der Waals surface area contributed by atoms with Gasteiger partial charge in [0.2, 0.25) is 0 Å². The molecule has 0 atom stereocenters. The molecule has 0 saturated heterocycles. The van der Waals surface area contributed by atoms with Crippen molar-refractivity contribution in [2.24, 2.45) is 0 Å². The minimum absolute atomic E-state index is 0.270. The van der Waals surface area contributed by atoms with Crippen LogP contribution in [0.4, 0.5) is 11.5 Å². The van der Waals surface area contributed by atoms with Crippen molar-refractivity contribution in [2.75, 3.05) is 17.5 Å². The molecule has 0 unspecified atom stereocenters. The highest BCUT2D eigenvalue weighted by molar-refractivity contribution is 5.75. The average molecular weight is 336 g/mol. The van der Waals surface area contributed by atoms with Crippen LogP contribution in [0.3, 0.4) is 0 Å². The lowest BCUT2D eigenvalue weighted by molar-refractivity contribution is 0.341. The molecule has 0 fully saturated rings. The summed E-state index contributed by atoms with van der Waals surface area (Å²) in [4.78, 5) is 23.8. The lowest BCUT2D eigenvalue weighted by Crippen LogP contribution is -2.21. The van der Waals surface area contributed by atoms with Crippen LogP contribution < -0.4 is 26.7 Å². The lowest BCUT2D eigenvalue weighted by atomic mass is 10.1. The predicted octanol–water partition coefficient (Wildman–Crippen LogP) is 2.15. The van der Waals surface area contributed by atoms with Gasteiger partial charge in [-0.3, -0.25) is 20.6 Å². The molecule has 4 rings (SSSR count). The molecule has 0 spiro atoms. The fourth-order valence-electron chi connectivity index (χ4n) is 2.65. The Balaban J connectivity index is 1.82. The summed E-state index contributed by atoms with van der Waals surface area (Å²) in [5.41, 5.74) is 10.7. The van der Waals surface area contributed by atoms with Gasteiger partial charge in [0.1, 0.15) is 11.6 Å². The number of fused-ring (bicyclic) bond motifs is 1. The topological polar surface area (TPSA) is 104 Å². The van der Waals surface area contributed by atoms with Crippen LogP contribution in [-0.4, -0.2) is 21.6 Å². The van der Waals surface area contributed by atoms with Crippen LogP contribution in [-0.2, 0) is 0 Å². The summed E-state index contributed by atoms with van der Waals surface area (Å²) in [7, 11) is 0. The molecular formula is C17H16N6O2. The molecule has 0 bridgehead atoms. The smallest absolute Gasteiger partial charge is 0.278 e. The lowest BCUT2D eigenvalue weighted by Gasteiger charge is -2.12. The Kier molecular flexibility index (Phi) is 3.79. The van der Waals surface area contributed by atoms with Gasteiger partial charge in [-0.1, -0.05) is 12.1 Å². The molecule has 25 heavy (non-hydrogen) atoms. The molecule has 126 valence electrons. The summed E-state index contributed by atoms with van der Waals surface area (Å²) in [6.07, 6.45) is 1.74. The third-order valence-corrected chi connectivity index (χ3v) is 3.79. The van der Waals surface area contributed by atoms with Crippen LogP contribution >= 0.6 is 0 Å². The first-order valence-electron chi connectivity index (χ1n) is 7.86. The average Bonchev–Trinajstić information content (AvgIpc) is 3.12. The number of benzene rings is 1. The third kappa shape index (κ3) is 2.79. The molecule has 1 aromatic carbocycles. The summed E-state index contributed by atoms with van der Waals surface area (Å²) in [6, 6.07) is 11.4. The quantitative estimate of drug-likeness (QED) is 0.579. The summed E-state index contributed by atoms with van der Waals surface area (Å²) in [5, 5.41) is 0. The first kappa shape index (κ1) is 15.2. The highest BCUT2D eigenvalue weighted by atomic mass is 16.5. The van der Waals surface area contributed by atoms with E-state index in [1.807, 2.05) is 43.3 Å². The summed E-state index contributed by atoms with van der Waals surface area (Å²) < 4.78 is 5.77. The summed E-state index contributed by atoms with van der Waals surface area (Å²) in [5.74, 6) is 1.50. The molecule has 1 aliphatic rings. The Labute approximate surface area is 143 Å². The second-order valence-electron chi connectivity index (χ2n) is 5.37. The van der Waals surface area contributed by atoms with E-state index in [0.29, 0.717) is 35.2 Å². The molecule has 0 amide bonds. The third-order valence-electron chi connectivity index (χ3n) is 3.79. The second kappa shape index (κ2) is 6.25. The Morgan fingerprint density at radius 3 is 2.88 bits per heavy atom. The van der Waals surface area contributed by atoms with E-state index in [1.54, 1.807) is 6.20 Å². The van der Waals surface area contributed by atoms with Crippen molar-refractivity contribution >= 4 is 11.5 Å². The molecule has 0 radical (unpaired) electrons. The van der Waals surface area contributed by atoms with Gasteiger partial charge in [0, 0.05) is 11.8 Å². The van der Waals surface area contributed by atoms with Crippen molar-refractivity contribution in [1.82, 2.24) is 20.5 Å². The predicted molar refractivity (Wildman–Crippen MR) is 95.1 cm³/mol. The number of aromatic nitrogens is 3. The zero-order valence-corrected chi connectivity index (χ0v) is 13.5. The maximum absolute atomic E-state index is 12.2. The molecule has 3 heterocycles. The van der Waals surface area contributed by atoms with Crippen molar-refractivity contribution in [3.05, 3.63) is 52.9 Å². The van der Waals surface area contributed by atoms with Crippen LogP contribution in [0.15, 0.2) is 47.4 Å². The second-order valence-corrected chi connectivity index (χ2v) is 5.37. The zero-order valence-electron chi connectivity index (χ0n) is 13.5. The number of nitrogens with one attached hydrogen (secondary N) is 4. The van der Waals surface area contributed by atoms with Crippen LogP contribution in [0.5, 0.6) is 5.75 Å². The van der Waals surface area contributed by atoms with E-state index in [1.165, 1.54) is 0 Å². The van der Waals surface area contributed by atoms with Crippen molar-refractivity contribution < 1.29 is 4.74 Å². The van der Waals surface area contributed by atoms with E-state index >= 15 is 0 Å². The van der Waals surface area contributed by atoms with Gasteiger partial charge in [-0.15, -0.1) is 5.53 Å². The van der Waals surface area contributed by atoms with Gasteiger partial charge in [-0.2, -0.15) is 0 Å². The fraction of sp³-hybridized carbons (Fsp3) is 0.118. The van der Waals surface area contributed by atoms with E-state index in [-0.39, 0.29) is 5.56 Å². The maximum atomic E-state index is 12.2. The molecule has 1 aliphatic heterocycles. The monoisotopic (exact) mass is 336 g/mol. The van der Waals surface area contributed by atoms with Crippen molar-refractivity contribution in [3.8, 4) is 28.4 Å². The fourth-order valence-corrected chi connectivity index (χ4v) is 2.65. The molecular weight excluding hydrogens is 320 g/mol. The van der Waals surface area contributed by atoms with Crippen LogP contribution in [0, 0.1) is 0 Å². The Morgan fingerprint density at radius 2 is 2.08 bits per heavy atom. The van der Waals surface area contributed by atoms with E-state index in [4.69, 9.17) is 4.74 Å². The number of pyridine rings is 1. The van der Waals surface area contributed by atoms with Gasteiger partial charge < -0.3 is 9.72 Å². The molecule has 0 saturated carbocycles. The van der Waals surface area contributed by atoms with Gasteiger partial charge in [-0.25, -0.2) is 4.98 Å². The van der Waals surface area contributed by atoms with Crippen molar-refractivity contribution in [2.45, 2.75) is 6.92 Å². The SMILES string of the molecule is CCOc1cc(-c2ccccn2)ccc1-c1nc2c(c(=O)[nH]1)NNN2. The Hall–Kier alpha value is -3.39. The molecule has 2 aromatic heterocycles. The normalized spacial score (nSPS) is 12.2. The van der Waals surface area contributed by atoms with Gasteiger partial charge in [0.05, 0.1) is 17.9 Å². The van der Waals surface area contributed by atoms with Gasteiger partial charge in [0.15, 0.2) is 11.5 Å².